The summed E-state index contributed by atoms with van der Waals surface area (Å²) < 4.78 is 28.0. The first-order chi connectivity index (χ1) is 10.9. The number of fused-ring (bicyclic) bond motifs is 1. The van der Waals surface area contributed by atoms with Crippen LogP contribution in [0.2, 0.25) is 0 Å². The highest BCUT2D eigenvalue weighted by atomic mass is 32.2. The lowest BCUT2D eigenvalue weighted by molar-refractivity contribution is -0.144. The second-order valence-corrected chi connectivity index (χ2v) is 8.59. The number of aryl methyl sites for hydroxylation is 1. The minimum atomic E-state index is -3.05. The van der Waals surface area contributed by atoms with Crippen LogP contribution in [0.1, 0.15) is 12.2 Å². The Morgan fingerprint density at radius 1 is 1.35 bits per heavy atom. The van der Waals surface area contributed by atoms with E-state index in [1.54, 1.807) is 6.92 Å². The lowest BCUT2D eigenvalue weighted by atomic mass is 10.2. The number of hydrogen-bond donors (Lipinski definition) is 0. The highest BCUT2D eigenvalue weighted by Crippen LogP contribution is 2.25. The number of rotatable bonds is 4. The Kier molecular flexibility index (Phi) is 4.54. The highest BCUT2D eigenvalue weighted by molar-refractivity contribution is 8.00. The van der Waals surface area contributed by atoms with Gasteiger partial charge in [-0.25, -0.2) is 18.4 Å². The smallest absolute Gasteiger partial charge is 0.316 e. The summed E-state index contributed by atoms with van der Waals surface area (Å²) in [5.41, 5.74) is 0.831. The van der Waals surface area contributed by atoms with Gasteiger partial charge in [-0.3, -0.25) is 4.79 Å². The van der Waals surface area contributed by atoms with Crippen LogP contribution in [0.5, 0.6) is 0 Å². The fourth-order valence-electron chi connectivity index (χ4n) is 2.47. The predicted octanol–water partition coefficient (Wildman–Crippen LogP) is 1.76. The summed E-state index contributed by atoms with van der Waals surface area (Å²) in [4.78, 5) is 20.7. The Labute approximate surface area is 138 Å². The average molecular weight is 352 g/mol. The number of hydrogen-bond acceptors (Lipinski definition) is 7. The monoisotopic (exact) mass is 352 g/mol. The molecule has 1 aliphatic rings. The Hall–Kier alpha value is -1.67. The molecule has 1 fully saturated rings. The summed E-state index contributed by atoms with van der Waals surface area (Å²) in [6, 6.07) is 7.60. The number of ether oxygens (including phenoxy) is 1. The molecule has 0 bridgehead atoms. The molecule has 0 N–H and O–H groups in total. The first-order valence-electron chi connectivity index (χ1n) is 7.19. The van der Waals surface area contributed by atoms with Crippen LogP contribution in [-0.2, 0) is 19.4 Å². The standard InChI is InChI=1S/C15H16N2O4S2/c1-10-16-13-5-3-2-4-12(13)15(17-10)22-8-14(18)21-11-6-7-23(19,20)9-11/h2-5,11H,6-9H2,1H3/t11-/m1/s1. The number of esters is 1. The maximum absolute atomic E-state index is 11.9. The fraction of sp³-hybridized carbons (Fsp3) is 0.400. The topological polar surface area (TPSA) is 86.2 Å². The van der Waals surface area contributed by atoms with E-state index in [1.807, 2.05) is 24.3 Å². The van der Waals surface area contributed by atoms with Crippen molar-refractivity contribution < 1.29 is 17.9 Å². The lowest BCUT2D eigenvalue weighted by Crippen LogP contribution is -2.20. The number of para-hydroxylation sites is 1. The third-order valence-corrected chi connectivity index (χ3v) is 6.20. The second kappa shape index (κ2) is 6.45. The van der Waals surface area contributed by atoms with Gasteiger partial charge in [-0.05, 0) is 19.4 Å². The van der Waals surface area contributed by atoms with Crippen LogP contribution >= 0.6 is 11.8 Å². The maximum Gasteiger partial charge on any atom is 0.316 e. The van der Waals surface area contributed by atoms with Crippen LogP contribution in [0.4, 0.5) is 0 Å². The first kappa shape index (κ1) is 16.2. The van der Waals surface area contributed by atoms with E-state index in [4.69, 9.17) is 4.74 Å². The Balaban J connectivity index is 1.65. The molecule has 3 rings (SSSR count). The van der Waals surface area contributed by atoms with Gasteiger partial charge in [0.15, 0.2) is 9.84 Å². The van der Waals surface area contributed by atoms with Crippen molar-refractivity contribution in [1.29, 1.82) is 0 Å². The molecule has 23 heavy (non-hydrogen) atoms. The van der Waals surface area contributed by atoms with Gasteiger partial charge in [0.05, 0.1) is 22.8 Å². The molecule has 0 unspecified atom stereocenters. The molecule has 1 saturated heterocycles. The van der Waals surface area contributed by atoms with Gasteiger partial charge in [0, 0.05) is 5.39 Å². The van der Waals surface area contributed by atoms with Crippen molar-refractivity contribution in [2.75, 3.05) is 17.3 Å². The van der Waals surface area contributed by atoms with Gasteiger partial charge >= 0.3 is 5.97 Å². The molecule has 1 aliphatic heterocycles. The number of carbonyl (C=O) groups excluding carboxylic acids is 1. The number of carbonyl (C=O) groups is 1. The van der Waals surface area contributed by atoms with E-state index in [0.717, 1.165) is 15.9 Å². The Morgan fingerprint density at radius 3 is 2.87 bits per heavy atom. The molecule has 122 valence electrons. The second-order valence-electron chi connectivity index (χ2n) is 5.40. The van der Waals surface area contributed by atoms with Gasteiger partial charge < -0.3 is 4.74 Å². The first-order valence-corrected chi connectivity index (χ1v) is 10.00. The van der Waals surface area contributed by atoms with Gasteiger partial charge in [-0.15, -0.1) is 0 Å². The molecular formula is C15H16N2O4S2. The zero-order valence-electron chi connectivity index (χ0n) is 12.6. The van der Waals surface area contributed by atoms with Gasteiger partial charge in [-0.2, -0.15) is 0 Å². The normalized spacial score (nSPS) is 19.8. The van der Waals surface area contributed by atoms with Gasteiger partial charge in [0.1, 0.15) is 17.0 Å². The molecule has 1 aromatic heterocycles. The molecule has 0 radical (unpaired) electrons. The zero-order valence-corrected chi connectivity index (χ0v) is 14.2. The summed E-state index contributed by atoms with van der Waals surface area (Å²) in [6.07, 6.45) is -0.133. The summed E-state index contributed by atoms with van der Waals surface area (Å²) in [6.45, 7) is 1.80. The average Bonchev–Trinajstić information content (AvgIpc) is 2.83. The molecule has 0 aliphatic carbocycles. The van der Waals surface area contributed by atoms with Crippen LogP contribution in [0.3, 0.4) is 0 Å². The van der Waals surface area contributed by atoms with E-state index >= 15 is 0 Å². The van der Waals surface area contributed by atoms with Crippen molar-refractivity contribution >= 4 is 38.5 Å². The fourth-order valence-corrected chi connectivity index (χ4v) is 4.91. The van der Waals surface area contributed by atoms with Crippen LogP contribution in [0.15, 0.2) is 29.3 Å². The minimum Gasteiger partial charge on any atom is -0.461 e. The van der Waals surface area contributed by atoms with Crippen molar-refractivity contribution in [1.82, 2.24) is 9.97 Å². The maximum atomic E-state index is 11.9. The van der Waals surface area contributed by atoms with E-state index in [0.29, 0.717) is 12.2 Å². The van der Waals surface area contributed by atoms with Crippen molar-refractivity contribution in [2.45, 2.75) is 24.5 Å². The van der Waals surface area contributed by atoms with Crippen molar-refractivity contribution in [3.8, 4) is 0 Å². The molecule has 0 spiro atoms. The van der Waals surface area contributed by atoms with Gasteiger partial charge in [0.25, 0.3) is 0 Å². The molecule has 1 atom stereocenters. The van der Waals surface area contributed by atoms with E-state index in [2.05, 4.69) is 9.97 Å². The van der Waals surface area contributed by atoms with Gasteiger partial charge in [-0.1, -0.05) is 30.0 Å². The molecule has 0 amide bonds. The number of nitrogens with zero attached hydrogens (tertiary/aromatic N) is 2. The number of sulfone groups is 1. The SMILES string of the molecule is Cc1nc(SCC(=O)O[C@@H]2CCS(=O)(=O)C2)c2ccccc2n1. The summed E-state index contributed by atoms with van der Waals surface area (Å²) in [5, 5.41) is 1.61. The quantitative estimate of drug-likeness (QED) is 0.471. The van der Waals surface area contributed by atoms with E-state index in [-0.39, 0.29) is 17.3 Å². The molecular weight excluding hydrogens is 336 g/mol. The number of aromatic nitrogens is 2. The molecule has 6 nitrogen and oxygen atoms in total. The van der Waals surface area contributed by atoms with Crippen LogP contribution < -0.4 is 0 Å². The molecule has 1 aromatic carbocycles. The third-order valence-electron chi connectivity index (χ3n) is 3.50. The van der Waals surface area contributed by atoms with E-state index < -0.39 is 21.9 Å². The van der Waals surface area contributed by atoms with Crippen molar-refractivity contribution in [3.63, 3.8) is 0 Å². The summed E-state index contributed by atoms with van der Waals surface area (Å²) >= 11 is 1.28. The Bertz CT molecular complexity index is 852. The predicted molar refractivity (Wildman–Crippen MR) is 88.1 cm³/mol. The largest absolute Gasteiger partial charge is 0.461 e. The van der Waals surface area contributed by atoms with Crippen LogP contribution in [0, 0.1) is 6.92 Å². The lowest BCUT2D eigenvalue weighted by Gasteiger charge is -2.10. The number of benzene rings is 1. The molecule has 2 heterocycles. The van der Waals surface area contributed by atoms with E-state index in [9.17, 15) is 13.2 Å². The van der Waals surface area contributed by atoms with Gasteiger partial charge in [0.2, 0.25) is 0 Å². The summed E-state index contributed by atoms with van der Waals surface area (Å²) in [7, 11) is -3.05. The molecule has 2 aromatic rings. The Morgan fingerprint density at radius 2 is 2.13 bits per heavy atom. The van der Waals surface area contributed by atoms with Crippen LogP contribution in [-0.4, -0.2) is 47.7 Å². The van der Waals surface area contributed by atoms with Crippen LogP contribution in [0.25, 0.3) is 10.9 Å². The van der Waals surface area contributed by atoms with Crippen molar-refractivity contribution in [2.24, 2.45) is 0 Å². The van der Waals surface area contributed by atoms with E-state index in [1.165, 1.54) is 11.8 Å². The van der Waals surface area contributed by atoms with Crippen molar-refractivity contribution in [3.05, 3.63) is 30.1 Å². The highest BCUT2D eigenvalue weighted by Gasteiger charge is 2.30. The zero-order chi connectivity index (χ0) is 16.4. The summed E-state index contributed by atoms with van der Waals surface area (Å²) in [5.74, 6) is 0.336. The molecule has 0 saturated carbocycles. The minimum absolute atomic E-state index is 0.0705. The number of thioether (sulfide) groups is 1. The molecule has 8 heteroatoms. The third kappa shape index (κ3) is 4.00.